The third-order valence-corrected chi connectivity index (χ3v) is 1.46. The average Bonchev–Trinajstić information content (AvgIpc) is 2.00. The van der Waals surface area contributed by atoms with Crippen molar-refractivity contribution in [3.05, 3.63) is 24.5 Å². The summed E-state index contributed by atoms with van der Waals surface area (Å²) in [4.78, 5) is 3.48. The average molecular weight is 158 g/mol. The fourth-order valence-corrected chi connectivity index (χ4v) is 0.872. The maximum absolute atomic E-state index is 11.5. The van der Waals surface area contributed by atoms with Crippen LogP contribution in [-0.4, -0.2) is 0 Å². The van der Waals surface area contributed by atoms with Gasteiger partial charge in [0, 0.05) is 10.9 Å². The summed E-state index contributed by atoms with van der Waals surface area (Å²) in [5.41, 5.74) is 0. The van der Waals surface area contributed by atoms with Crippen molar-refractivity contribution in [1.29, 1.82) is 0 Å². The fraction of sp³-hybridized carbons (Fsp3) is 0.556. The highest BCUT2D eigenvalue weighted by Gasteiger charge is 2.03. The molecule has 11 heavy (non-hydrogen) atoms. The molecule has 0 aromatic rings. The molecule has 0 aliphatic carbocycles. The Kier molecular flexibility index (Phi) is 5.53. The lowest BCUT2D eigenvalue weighted by Crippen LogP contribution is -1.94. The van der Waals surface area contributed by atoms with Gasteiger partial charge in [0.2, 0.25) is 0 Å². The minimum Gasteiger partial charge on any atom is -0.300 e. The third kappa shape index (κ3) is 5.64. The van der Waals surface area contributed by atoms with Crippen LogP contribution in [0, 0.1) is 5.92 Å². The number of hydrogen-bond donors (Lipinski definition) is 0. The number of hydrogen-bond acceptors (Lipinski definition) is 1. The first-order chi connectivity index (χ1) is 5.20. The van der Waals surface area contributed by atoms with Crippen molar-refractivity contribution in [2.75, 3.05) is 0 Å². The summed E-state index contributed by atoms with van der Waals surface area (Å²) in [5, 5.41) is 0. The van der Waals surface area contributed by atoms with Gasteiger partial charge in [-0.3, -0.25) is 4.94 Å². The first kappa shape index (κ1) is 10.2. The lowest BCUT2D eigenvalue weighted by atomic mass is 10.0. The Hall–Kier alpha value is -0.790. The molecule has 0 radical (unpaired) electrons. The van der Waals surface area contributed by atoms with E-state index in [1.165, 1.54) is 0 Å². The lowest BCUT2D eigenvalue weighted by molar-refractivity contribution is -0.0880. The minimum atomic E-state index is 0.210. The third-order valence-electron chi connectivity index (χ3n) is 1.46. The maximum atomic E-state index is 11.5. The van der Waals surface area contributed by atoms with Gasteiger partial charge in [-0.15, -0.1) is 0 Å². The van der Waals surface area contributed by atoms with Gasteiger partial charge in [0.1, 0.15) is 5.76 Å². The van der Waals surface area contributed by atoms with E-state index in [4.69, 9.17) is 0 Å². The van der Waals surface area contributed by atoms with Gasteiger partial charge in [-0.2, -0.15) is 0 Å². The van der Waals surface area contributed by atoms with Crippen molar-refractivity contribution < 1.29 is 9.47 Å². The zero-order chi connectivity index (χ0) is 8.69. The van der Waals surface area contributed by atoms with Crippen LogP contribution < -0.4 is 0 Å². The van der Waals surface area contributed by atoms with Crippen molar-refractivity contribution in [2.24, 2.45) is 5.92 Å². The molecule has 0 aliphatic heterocycles. The van der Waals surface area contributed by atoms with Crippen LogP contribution in [0.4, 0.5) is 4.53 Å². The molecule has 0 saturated heterocycles. The SMILES string of the molecule is C=C(CC(C)C/C=C/C)OF. The van der Waals surface area contributed by atoms with Gasteiger partial charge in [-0.25, -0.2) is 0 Å². The zero-order valence-electron chi connectivity index (χ0n) is 7.14. The quantitative estimate of drug-likeness (QED) is 0.440. The summed E-state index contributed by atoms with van der Waals surface area (Å²) in [6, 6.07) is 0. The van der Waals surface area contributed by atoms with Gasteiger partial charge >= 0.3 is 0 Å². The summed E-state index contributed by atoms with van der Waals surface area (Å²) in [7, 11) is 0. The number of halogens is 1. The molecule has 0 aromatic carbocycles. The largest absolute Gasteiger partial charge is 0.300 e. The van der Waals surface area contributed by atoms with Crippen LogP contribution in [-0.2, 0) is 4.94 Å². The van der Waals surface area contributed by atoms with E-state index < -0.39 is 0 Å². The monoisotopic (exact) mass is 158 g/mol. The highest BCUT2D eigenvalue weighted by molar-refractivity contribution is 4.87. The summed E-state index contributed by atoms with van der Waals surface area (Å²) in [6.45, 7) is 7.40. The molecule has 2 heteroatoms. The van der Waals surface area contributed by atoms with Crippen LogP contribution in [0.3, 0.4) is 0 Å². The van der Waals surface area contributed by atoms with Crippen molar-refractivity contribution in [2.45, 2.75) is 26.7 Å². The standard InChI is InChI=1S/C9H15FO/c1-4-5-6-8(2)7-9(3)11-10/h4-5,8H,3,6-7H2,1-2H3/b5-4+. The van der Waals surface area contributed by atoms with Crippen molar-refractivity contribution in [1.82, 2.24) is 0 Å². The molecule has 0 rings (SSSR count). The van der Waals surface area contributed by atoms with Crippen molar-refractivity contribution in [3.63, 3.8) is 0 Å². The van der Waals surface area contributed by atoms with Gasteiger partial charge in [-0.05, 0) is 19.3 Å². The Morgan fingerprint density at radius 3 is 2.82 bits per heavy atom. The fourth-order valence-electron chi connectivity index (χ4n) is 0.872. The van der Waals surface area contributed by atoms with Gasteiger partial charge in [0.25, 0.3) is 0 Å². The maximum Gasteiger partial charge on any atom is 0.142 e. The van der Waals surface area contributed by atoms with E-state index in [0.717, 1.165) is 6.42 Å². The second-order valence-corrected chi connectivity index (χ2v) is 2.73. The van der Waals surface area contributed by atoms with Crippen molar-refractivity contribution in [3.8, 4) is 0 Å². The Balaban J connectivity index is 3.51. The second kappa shape index (κ2) is 5.96. The molecule has 0 fully saturated rings. The molecule has 1 atom stereocenters. The summed E-state index contributed by atoms with van der Waals surface area (Å²) >= 11 is 0. The molecular weight excluding hydrogens is 143 g/mol. The summed E-state index contributed by atoms with van der Waals surface area (Å²) in [6.07, 6.45) is 5.56. The summed E-state index contributed by atoms with van der Waals surface area (Å²) < 4.78 is 11.5. The van der Waals surface area contributed by atoms with E-state index in [0.29, 0.717) is 12.3 Å². The van der Waals surface area contributed by atoms with E-state index in [1.807, 2.05) is 19.9 Å². The van der Waals surface area contributed by atoms with Gasteiger partial charge in [0.05, 0.1) is 0 Å². The number of rotatable bonds is 5. The molecule has 0 aliphatic rings. The van der Waals surface area contributed by atoms with E-state index in [2.05, 4.69) is 17.6 Å². The molecule has 1 unspecified atom stereocenters. The molecule has 1 nitrogen and oxygen atoms in total. The van der Waals surface area contributed by atoms with Crippen LogP contribution in [0.25, 0.3) is 0 Å². The van der Waals surface area contributed by atoms with Crippen LogP contribution >= 0.6 is 0 Å². The van der Waals surface area contributed by atoms with Gasteiger partial charge in [0.15, 0.2) is 0 Å². The molecule has 0 heterocycles. The molecule has 0 spiro atoms. The van der Waals surface area contributed by atoms with Crippen LogP contribution in [0.5, 0.6) is 0 Å². The molecule has 0 N–H and O–H groups in total. The minimum absolute atomic E-state index is 0.210. The Bertz CT molecular complexity index is 140. The highest BCUT2D eigenvalue weighted by atomic mass is 19.3. The summed E-state index contributed by atoms with van der Waals surface area (Å²) in [5.74, 6) is 0.608. The molecule has 0 saturated carbocycles. The Labute approximate surface area is 67.5 Å². The first-order valence-corrected chi connectivity index (χ1v) is 3.78. The van der Waals surface area contributed by atoms with Crippen LogP contribution in [0.15, 0.2) is 24.5 Å². The second-order valence-electron chi connectivity index (χ2n) is 2.73. The topological polar surface area (TPSA) is 9.23 Å². The predicted octanol–water partition coefficient (Wildman–Crippen LogP) is 3.39. The van der Waals surface area contributed by atoms with Crippen molar-refractivity contribution >= 4 is 0 Å². The Morgan fingerprint density at radius 1 is 1.73 bits per heavy atom. The zero-order valence-corrected chi connectivity index (χ0v) is 7.14. The van der Waals surface area contributed by atoms with E-state index >= 15 is 0 Å². The predicted molar refractivity (Wildman–Crippen MR) is 44.5 cm³/mol. The van der Waals surface area contributed by atoms with Gasteiger partial charge < -0.3 is 0 Å². The molecule has 64 valence electrons. The van der Waals surface area contributed by atoms with E-state index in [9.17, 15) is 4.53 Å². The van der Waals surface area contributed by atoms with E-state index in [1.54, 1.807) is 0 Å². The molecule has 0 bridgehead atoms. The van der Waals surface area contributed by atoms with Crippen LogP contribution in [0.1, 0.15) is 26.7 Å². The molecule has 0 aromatic heterocycles. The van der Waals surface area contributed by atoms with E-state index in [-0.39, 0.29) is 5.76 Å². The highest BCUT2D eigenvalue weighted by Crippen LogP contribution is 2.14. The van der Waals surface area contributed by atoms with Crippen LogP contribution in [0.2, 0.25) is 0 Å². The first-order valence-electron chi connectivity index (χ1n) is 3.78. The lowest BCUT2D eigenvalue weighted by Gasteiger charge is -2.06. The molecule has 0 amide bonds. The smallest absolute Gasteiger partial charge is 0.142 e. The normalized spacial score (nSPS) is 13.4. The molecular formula is C9H15FO. The number of allylic oxidation sites excluding steroid dienone is 3. The Morgan fingerprint density at radius 2 is 2.36 bits per heavy atom. The van der Waals surface area contributed by atoms with Gasteiger partial charge in [-0.1, -0.05) is 25.7 Å².